The maximum Gasteiger partial charge on any atom is 0.262 e. The van der Waals surface area contributed by atoms with E-state index < -0.39 is 0 Å². The Morgan fingerprint density at radius 1 is 0.963 bits per heavy atom. The van der Waals surface area contributed by atoms with Gasteiger partial charge in [0.1, 0.15) is 11.5 Å². The number of nitrogens with zero attached hydrogens (tertiary/aromatic N) is 2. The number of piperazine rings is 1. The van der Waals surface area contributed by atoms with Gasteiger partial charge in [-0.1, -0.05) is 12.1 Å². The van der Waals surface area contributed by atoms with E-state index in [4.69, 9.17) is 9.47 Å². The number of ether oxygens (including phenoxy) is 2. The van der Waals surface area contributed by atoms with Gasteiger partial charge in [0.05, 0.1) is 18.0 Å². The first-order chi connectivity index (χ1) is 13.2. The number of nitrogens with one attached hydrogen (secondary N) is 1. The van der Waals surface area contributed by atoms with Crippen LogP contribution in [0.5, 0.6) is 11.5 Å². The van der Waals surface area contributed by atoms with Gasteiger partial charge in [0.25, 0.3) is 5.91 Å². The molecule has 144 valence electrons. The molecule has 1 heterocycles. The molecule has 1 saturated heterocycles. The van der Waals surface area contributed by atoms with Crippen LogP contribution in [0.25, 0.3) is 0 Å². The number of benzene rings is 2. The maximum atomic E-state index is 12.4. The van der Waals surface area contributed by atoms with E-state index in [-0.39, 0.29) is 12.5 Å². The van der Waals surface area contributed by atoms with Crippen LogP contribution < -0.4 is 19.7 Å². The Morgan fingerprint density at radius 2 is 1.59 bits per heavy atom. The molecular formula is C21H27N3O3. The number of rotatable bonds is 7. The molecule has 2 aromatic rings. The number of carbonyl (C=O) groups is 1. The molecule has 1 fully saturated rings. The maximum absolute atomic E-state index is 12.4. The molecule has 0 atom stereocenters. The van der Waals surface area contributed by atoms with Crippen LogP contribution in [0.15, 0.2) is 48.5 Å². The van der Waals surface area contributed by atoms with Crippen molar-refractivity contribution < 1.29 is 14.3 Å². The Labute approximate surface area is 160 Å². The molecule has 2 aromatic carbocycles. The third kappa shape index (κ3) is 5.37. The molecule has 1 N–H and O–H groups in total. The monoisotopic (exact) mass is 369 g/mol. The molecule has 3 rings (SSSR count). The van der Waals surface area contributed by atoms with Crippen LogP contribution in [-0.4, -0.2) is 57.2 Å². The fourth-order valence-electron chi connectivity index (χ4n) is 3.04. The summed E-state index contributed by atoms with van der Waals surface area (Å²) in [5, 5.41) is 2.98. The highest BCUT2D eigenvalue weighted by molar-refractivity contribution is 5.95. The molecule has 0 unspecified atom stereocenters. The number of carbonyl (C=O) groups excluding carboxylic acids is 1. The quantitative estimate of drug-likeness (QED) is 0.813. The van der Waals surface area contributed by atoms with Crippen molar-refractivity contribution in [1.82, 2.24) is 4.90 Å². The molecule has 0 spiro atoms. The smallest absolute Gasteiger partial charge is 0.262 e. The van der Waals surface area contributed by atoms with Crippen LogP contribution in [0.3, 0.4) is 0 Å². The van der Waals surface area contributed by atoms with Crippen molar-refractivity contribution in [3.05, 3.63) is 48.5 Å². The van der Waals surface area contributed by atoms with Crippen molar-refractivity contribution in [3.8, 4) is 11.5 Å². The third-order valence-electron chi connectivity index (χ3n) is 4.53. The Morgan fingerprint density at radius 3 is 2.26 bits per heavy atom. The normalized spacial score (nSPS) is 14.7. The third-order valence-corrected chi connectivity index (χ3v) is 4.53. The van der Waals surface area contributed by atoms with Crippen LogP contribution in [0.1, 0.15) is 6.92 Å². The van der Waals surface area contributed by atoms with Gasteiger partial charge in [0.15, 0.2) is 6.61 Å². The Bertz CT molecular complexity index is 741. The SMILES string of the molecule is CCOc1ccc(OCC(=O)Nc2ccccc2N2CCN(C)CC2)cc1. The van der Waals surface area contributed by atoms with Gasteiger partial charge < -0.3 is 24.6 Å². The Kier molecular flexibility index (Phi) is 6.54. The summed E-state index contributed by atoms with van der Waals surface area (Å²) >= 11 is 0. The number of amides is 1. The zero-order valence-corrected chi connectivity index (χ0v) is 16.0. The van der Waals surface area contributed by atoms with E-state index in [2.05, 4.69) is 22.2 Å². The second-order valence-corrected chi connectivity index (χ2v) is 6.55. The fraction of sp³-hybridized carbons (Fsp3) is 0.381. The minimum Gasteiger partial charge on any atom is -0.494 e. The first-order valence-electron chi connectivity index (χ1n) is 9.33. The van der Waals surface area contributed by atoms with Crippen molar-refractivity contribution in [2.75, 3.05) is 56.7 Å². The van der Waals surface area contributed by atoms with Crippen LogP contribution in [0.4, 0.5) is 11.4 Å². The summed E-state index contributed by atoms with van der Waals surface area (Å²) in [6, 6.07) is 15.2. The van der Waals surface area contributed by atoms with Crippen LogP contribution in [0.2, 0.25) is 0 Å². The van der Waals surface area contributed by atoms with E-state index in [0.29, 0.717) is 12.4 Å². The number of hydrogen-bond donors (Lipinski definition) is 1. The summed E-state index contributed by atoms with van der Waals surface area (Å²) in [5.41, 5.74) is 1.88. The van der Waals surface area contributed by atoms with E-state index in [9.17, 15) is 4.79 Å². The lowest BCUT2D eigenvalue weighted by Gasteiger charge is -2.35. The molecule has 6 heteroatoms. The highest BCUT2D eigenvalue weighted by atomic mass is 16.5. The predicted molar refractivity (Wildman–Crippen MR) is 108 cm³/mol. The van der Waals surface area contributed by atoms with Gasteiger partial charge >= 0.3 is 0 Å². The lowest BCUT2D eigenvalue weighted by Crippen LogP contribution is -2.44. The van der Waals surface area contributed by atoms with Gasteiger partial charge in [-0.25, -0.2) is 0 Å². The van der Waals surface area contributed by atoms with Crippen molar-refractivity contribution in [2.45, 2.75) is 6.92 Å². The zero-order chi connectivity index (χ0) is 19.1. The summed E-state index contributed by atoms with van der Waals surface area (Å²) < 4.78 is 11.0. The van der Waals surface area contributed by atoms with Crippen molar-refractivity contribution in [1.29, 1.82) is 0 Å². The van der Waals surface area contributed by atoms with Crippen molar-refractivity contribution in [2.24, 2.45) is 0 Å². The van der Waals surface area contributed by atoms with E-state index in [1.807, 2.05) is 43.3 Å². The molecule has 1 amide bonds. The summed E-state index contributed by atoms with van der Waals surface area (Å²) in [6.07, 6.45) is 0. The minimum atomic E-state index is -0.175. The van der Waals surface area contributed by atoms with Crippen molar-refractivity contribution >= 4 is 17.3 Å². The molecule has 1 aliphatic rings. The Hall–Kier alpha value is -2.73. The molecule has 27 heavy (non-hydrogen) atoms. The van der Waals surface area contributed by atoms with Gasteiger partial charge in [-0.3, -0.25) is 4.79 Å². The van der Waals surface area contributed by atoms with Gasteiger partial charge in [-0.2, -0.15) is 0 Å². The first-order valence-corrected chi connectivity index (χ1v) is 9.33. The number of para-hydroxylation sites is 2. The summed E-state index contributed by atoms with van der Waals surface area (Å²) in [4.78, 5) is 17.0. The molecule has 0 radical (unpaired) electrons. The minimum absolute atomic E-state index is 0.0367. The van der Waals surface area contributed by atoms with E-state index in [1.165, 1.54) is 0 Å². The van der Waals surface area contributed by atoms with Gasteiger partial charge in [0, 0.05) is 26.2 Å². The first kappa shape index (κ1) is 19.0. The van der Waals surface area contributed by atoms with Crippen LogP contribution in [-0.2, 0) is 4.79 Å². The fourth-order valence-corrected chi connectivity index (χ4v) is 3.04. The number of likely N-dealkylation sites (N-methyl/N-ethyl adjacent to an activating group) is 1. The van der Waals surface area contributed by atoms with Gasteiger partial charge in [-0.05, 0) is 50.4 Å². The molecule has 0 bridgehead atoms. The average Bonchev–Trinajstić information content (AvgIpc) is 2.69. The van der Waals surface area contributed by atoms with Crippen LogP contribution in [0, 0.1) is 0 Å². The summed E-state index contributed by atoms with van der Waals surface area (Å²) in [6.45, 7) is 6.46. The second kappa shape index (κ2) is 9.28. The van der Waals surface area contributed by atoms with E-state index in [0.717, 1.165) is 43.3 Å². The highest BCUT2D eigenvalue weighted by Gasteiger charge is 2.17. The average molecular weight is 369 g/mol. The molecule has 0 saturated carbocycles. The second-order valence-electron chi connectivity index (χ2n) is 6.55. The molecule has 0 aliphatic carbocycles. The largest absolute Gasteiger partial charge is 0.494 e. The number of hydrogen-bond acceptors (Lipinski definition) is 5. The summed E-state index contributed by atoms with van der Waals surface area (Å²) in [7, 11) is 2.13. The molecular weight excluding hydrogens is 342 g/mol. The lowest BCUT2D eigenvalue weighted by atomic mass is 10.2. The molecule has 1 aliphatic heterocycles. The molecule has 0 aromatic heterocycles. The van der Waals surface area contributed by atoms with Gasteiger partial charge in [-0.15, -0.1) is 0 Å². The predicted octanol–water partition coefficient (Wildman–Crippen LogP) is 2.85. The van der Waals surface area contributed by atoms with E-state index in [1.54, 1.807) is 12.1 Å². The standard InChI is InChI=1S/C21H27N3O3/c1-3-26-17-8-10-18(11-9-17)27-16-21(25)22-19-6-4-5-7-20(19)24-14-12-23(2)13-15-24/h4-11H,3,12-16H2,1-2H3,(H,22,25). The highest BCUT2D eigenvalue weighted by Crippen LogP contribution is 2.26. The molecule has 6 nitrogen and oxygen atoms in total. The van der Waals surface area contributed by atoms with E-state index >= 15 is 0 Å². The van der Waals surface area contributed by atoms with Gasteiger partial charge in [0.2, 0.25) is 0 Å². The van der Waals surface area contributed by atoms with Crippen molar-refractivity contribution in [3.63, 3.8) is 0 Å². The number of anilines is 2. The topological polar surface area (TPSA) is 54.0 Å². The summed E-state index contributed by atoms with van der Waals surface area (Å²) in [5.74, 6) is 1.25. The Balaban J connectivity index is 1.56. The lowest BCUT2D eigenvalue weighted by molar-refractivity contribution is -0.118. The zero-order valence-electron chi connectivity index (χ0n) is 16.0. The van der Waals surface area contributed by atoms with Crippen LogP contribution >= 0.6 is 0 Å².